The summed E-state index contributed by atoms with van der Waals surface area (Å²) in [4.78, 5) is 14.9. The average molecular weight is 299 g/mol. The molecule has 0 aliphatic carbocycles. The van der Waals surface area contributed by atoms with Crippen LogP contribution in [0, 0.1) is 0 Å². The van der Waals surface area contributed by atoms with Crippen molar-refractivity contribution in [3.8, 4) is 0 Å². The molecule has 0 saturated heterocycles. The third kappa shape index (κ3) is 2.92. The van der Waals surface area contributed by atoms with Gasteiger partial charge in [-0.3, -0.25) is 0 Å². The maximum absolute atomic E-state index is 11.8. The van der Waals surface area contributed by atoms with Crippen molar-refractivity contribution in [3.05, 3.63) is 41.6 Å². The minimum atomic E-state index is -0.313. The van der Waals surface area contributed by atoms with Gasteiger partial charge < -0.3 is 14.5 Å². The summed E-state index contributed by atoms with van der Waals surface area (Å²) in [5, 5.41) is 1.02. The molecule has 0 bridgehead atoms. The summed E-state index contributed by atoms with van der Waals surface area (Å²) in [6.45, 7) is 7.03. The first-order valence-electron chi connectivity index (χ1n) is 7.62. The lowest BCUT2D eigenvalue weighted by molar-refractivity contribution is -0.00298. The highest BCUT2D eigenvalue weighted by atomic mass is 16.5. The number of hydrogen-bond donors (Lipinski definition) is 1. The lowest BCUT2D eigenvalue weighted by atomic mass is 9.90. The van der Waals surface area contributed by atoms with Gasteiger partial charge in [-0.1, -0.05) is 12.1 Å². The SMILES string of the molecule is CCOC(=O)c1cc2cc(C3=CCOC(C)(C)C3)ccc2[nH]1. The monoisotopic (exact) mass is 299 g/mol. The van der Waals surface area contributed by atoms with Gasteiger partial charge in [0.05, 0.1) is 18.8 Å². The summed E-state index contributed by atoms with van der Waals surface area (Å²) in [6.07, 6.45) is 3.01. The summed E-state index contributed by atoms with van der Waals surface area (Å²) in [6, 6.07) is 8.06. The van der Waals surface area contributed by atoms with E-state index in [1.807, 2.05) is 12.1 Å². The smallest absolute Gasteiger partial charge is 0.354 e. The molecule has 4 heteroatoms. The molecular weight excluding hydrogens is 278 g/mol. The van der Waals surface area contributed by atoms with Crippen LogP contribution in [0.25, 0.3) is 16.5 Å². The number of carbonyl (C=O) groups excluding carboxylic acids is 1. The van der Waals surface area contributed by atoms with Crippen LogP contribution in [0.2, 0.25) is 0 Å². The van der Waals surface area contributed by atoms with Gasteiger partial charge in [-0.05, 0) is 50.1 Å². The molecule has 1 aliphatic heterocycles. The molecule has 1 aromatic heterocycles. The lowest BCUT2D eigenvalue weighted by Crippen LogP contribution is -2.28. The Hall–Kier alpha value is -2.07. The molecule has 0 atom stereocenters. The first-order valence-corrected chi connectivity index (χ1v) is 7.62. The van der Waals surface area contributed by atoms with Crippen molar-refractivity contribution in [2.45, 2.75) is 32.8 Å². The van der Waals surface area contributed by atoms with Gasteiger partial charge in [0.1, 0.15) is 5.69 Å². The average Bonchev–Trinajstić information content (AvgIpc) is 2.89. The van der Waals surface area contributed by atoms with E-state index in [0.29, 0.717) is 18.9 Å². The first kappa shape index (κ1) is 14.9. The predicted octanol–water partition coefficient (Wildman–Crippen LogP) is 3.93. The second-order valence-electron chi connectivity index (χ2n) is 6.18. The van der Waals surface area contributed by atoms with Crippen LogP contribution in [0.4, 0.5) is 0 Å². The maximum atomic E-state index is 11.8. The van der Waals surface area contributed by atoms with Crippen molar-refractivity contribution >= 4 is 22.4 Å². The Morgan fingerprint density at radius 2 is 2.18 bits per heavy atom. The van der Waals surface area contributed by atoms with Crippen LogP contribution < -0.4 is 0 Å². The topological polar surface area (TPSA) is 51.3 Å². The zero-order chi connectivity index (χ0) is 15.7. The molecule has 0 unspecified atom stereocenters. The zero-order valence-electron chi connectivity index (χ0n) is 13.2. The Bertz CT molecular complexity index is 740. The molecule has 1 aliphatic rings. The minimum absolute atomic E-state index is 0.132. The molecule has 22 heavy (non-hydrogen) atoms. The second-order valence-corrected chi connectivity index (χ2v) is 6.18. The molecule has 0 radical (unpaired) electrons. The van der Waals surface area contributed by atoms with Crippen LogP contribution in [-0.4, -0.2) is 29.8 Å². The molecule has 4 nitrogen and oxygen atoms in total. The normalized spacial score (nSPS) is 17.3. The zero-order valence-corrected chi connectivity index (χ0v) is 13.2. The van der Waals surface area contributed by atoms with Gasteiger partial charge in [0.2, 0.25) is 0 Å². The Labute approximate surface area is 130 Å². The van der Waals surface area contributed by atoms with Gasteiger partial charge in [0.25, 0.3) is 0 Å². The summed E-state index contributed by atoms with van der Waals surface area (Å²) in [5.41, 5.74) is 3.78. The van der Waals surface area contributed by atoms with E-state index < -0.39 is 0 Å². The van der Waals surface area contributed by atoms with E-state index in [9.17, 15) is 4.79 Å². The standard InChI is InChI=1S/C18H21NO3/c1-4-21-17(20)16-10-14-9-12(5-6-15(14)19-16)13-7-8-22-18(2,3)11-13/h5-7,9-10,19H,4,8,11H2,1-3H3. The van der Waals surface area contributed by atoms with E-state index in [4.69, 9.17) is 9.47 Å². The van der Waals surface area contributed by atoms with Crippen LogP contribution in [-0.2, 0) is 9.47 Å². The fourth-order valence-electron chi connectivity index (χ4n) is 2.82. The number of fused-ring (bicyclic) bond motifs is 1. The van der Waals surface area contributed by atoms with Gasteiger partial charge in [0, 0.05) is 17.3 Å². The molecule has 2 aromatic rings. The number of H-pyrrole nitrogens is 1. The Kier molecular flexibility index (Phi) is 3.79. The summed E-state index contributed by atoms with van der Waals surface area (Å²) in [7, 11) is 0. The highest BCUT2D eigenvalue weighted by Gasteiger charge is 2.24. The summed E-state index contributed by atoms with van der Waals surface area (Å²) < 4.78 is 10.8. The van der Waals surface area contributed by atoms with Gasteiger partial charge >= 0.3 is 5.97 Å². The molecule has 1 aromatic carbocycles. The third-order valence-electron chi connectivity index (χ3n) is 3.91. The molecule has 116 valence electrons. The molecule has 3 rings (SSSR count). The summed E-state index contributed by atoms with van der Waals surface area (Å²) >= 11 is 0. The number of hydrogen-bond acceptors (Lipinski definition) is 3. The van der Waals surface area contributed by atoms with Crippen LogP contribution in [0.1, 0.15) is 43.2 Å². The van der Waals surface area contributed by atoms with E-state index in [0.717, 1.165) is 17.3 Å². The molecule has 0 spiro atoms. The number of nitrogens with one attached hydrogen (secondary N) is 1. The van der Waals surface area contributed by atoms with Gasteiger partial charge in [-0.25, -0.2) is 4.79 Å². The van der Waals surface area contributed by atoms with Crippen molar-refractivity contribution in [2.75, 3.05) is 13.2 Å². The van der Waals surface area contributed by atoms with Crippen LogP contribution >= 0.6 is 0 Å². The molecule has 0 amide bonds. The molecule has 1 N–H and O–H groups in total. The van der Waals surface area contributed by atoms with Crippen molar-refractivity contribution in [2.24, 2.45) is 0 Å². The van der Waals surface area contributed by atoms with Crippen LogP contribution in [0.3, 0.4) is 0 Å². The van der Waals surface area contributed by atoms with Crippen LogP contribution in [0.15, 0.2) is 30.3 Å². The summed E-state index contributed by atoms with van der Waals surface area (Å²) in [5.74, 6) is -0.313. The Morgan fingerprint density at radius 1 is 1.36 bits per heavy atom. The number of carbonyl (C=O) groups is 1. The van der Waals surface area contributed by atoms with Crippen molar-refractivity contribution in [1.29, 1.82) is 0 Å². The maximum Gasteiger partial charge on any atom is 0.354 e. The first-order chi connectivity index (χ1) is 10.5. The van der Waals surface area contributed by atoms with Crippen molar-refractivity contribution in [1.82, 2.24) is 4.98 Å². The van der Waals surface area contributed by atoms with E-state index in [1.54, 1.807) is 6.92 Å². The molecule has 2 heterocycles. The van der Waals surface area contributed by atoms with E-state index in [-0.39, 0.29) is 11.6 Å². The fraction of sp³-hybridized carbons (Fsp3) is 0.389. The van der Waals surface area contributed by atoms with Gasteiger partial charge in [-0.2, -0.15) is 0 Å². The number of esters is 1. The highest BCUT2D eigenvalue weighted by Crippen LogP contribution is 2.32. The third-order valence-corrected chi connectivity index (χ3v) is 3.91. The number of rotatable bonds is 3. The highest BCUT2D eigenvalue weighted by molar-refractivity contribution is 5.95. The molecular formula is C18H21NO3. The number of benzene rings is 1. The minimum Gasteiger partial charge on any atom is -0.461 e. The van der Waals surface area contributed by atoms with E-state index >= 15 is 0 Å². The van der Waals surface area contributed by atoms with Gasteiger partial charge in [-0.15, -0.1) is 0 Å². The van der Waals surface area contributed by atoms with E-state index in [1.165, 1.54) is 11.1 Å². The fourth-order valence-corrected chi connectivity index (χ4v) is 2.82. The van der Waals surface area contributed by atoms with Crippen molar-refractivity contribution < 1.29 is 14.3 Å². The van der Waals surface area contributed by atoms with Crippen LogP contribution in [0.5, 0.6) is 0 Å². The van der Waals surface area contributed by atoms with Gasteiger partial charge in [0.15, 0.2) is 0 Å². The predicted molar refractivity (Wildman–Crippen MR) is 86.9 cm³/mol. The Balaban J connectivity index is 1.93. The molecule has 0 saturated carbocycles. The number of ether oxygens (including phenoxy) is 2. The van der Waals surface area contributed by atoms with Crippen molar-refractivity contribution in [3.63, 3.8) is 0 Å². The number of aromatic amines is 1. The number of aromatic nitrogens is 1. The Morgan fingerprint density at radius 3 is 2.91 bits per heavy atom. The molecule has 0 fully saturated rings. The van der Waals surface area contributed by atoms with E-state index in [2.05, 4.69) is 37.0 Å². The lowest BCUT2D eigenvalue weighted by Gasteiger charge is -2.30. The second kappa shape index (κ2) is 5.61. The largest absolute Gasteiger partial charge is 0.461 e. The quantitative estimate of drug-likeness (QED) is 0.874.